The first kappa shape index (κ1) is 17.1. The number of anilines is 1. The first-order valence-corrected chi connectivity index (χ1v) is 9.18. The third-order valence-electron chi connectivity index (χ3n) is 5.23. The van der Waals surface area contributed by atoms with E-state index in [0.717, 1.165) is 45.0 Å². The average molecular weight is 331 g/mol. The number of hydrogen-bond donors (Lipinski definition) is 0. The number of aromatic nitrogens is 2. The Morgan fingerprint density at radius 2 is 1.92 bits per heavy atom. The molecule has 0 spiro atoms. The molecule has 24 heavy (non-hydrogen) atoms. The molecule has 0 radical (unpaired) electrons. The van der Waals surface area contributed by atoms with Crippen molar-refractivity contribution in [1.29, 1.82) is 0 Å². The first-order valence-electron chi connectivity index (χ1n) is 9.18. The molecule has 6 heteroatoms. The standard InChI is InChI=1S/C18H29N5O/c1-4-15-7-5-6-8-23(15)17-13-16(19-14(2)20-17)18(24)22-11-9-21(3)10-12-22/h13,15H,4-12H2,1-3H3. The van der Waals surface area contributed by atoms with Gasteiger partial charge in [0.1, 0.15) is 17.3 Å². The van der Waals surface area contributed by atoms with E-state index in [1.165, 1.54) is 19.3 Å². The molecule has 2 aliphatic heterocycles. The summed E-state index contributed by atoms with van der Waals surface area (Å²) in [6, 6.07) is 2.43. The van der Waals surface area contributed by atoms with E-state index in [9.17, 15) is 4.79 Å². The van der Waals surface area contributed by atoms with E-state index in [-0.39, 0.29) is 5.91 Å². The molecule has 2 saturated heterocycles. The van der Waals surface area contributed by atoms with Crippen LogP contribution in [0.3, 0.4) is 0 Å². The molecule has 2 fully saturated rings. The summed E-state index contributed by atoms with van der Waals surface area (Å²) in [6.45, 7) is 8.53. The number of piperazine rings is 1. The number of nitrogens with zero attached hydrogens (tertiary/aromatic N) is 5. The smallest absolute Gasteiger partial charge is 0.272 e. The van der Waals surface area contributed by atoms with Crippen LogP contribution in [0.1, 0.15) is 48.9 Å². The van der Waals surface area contributed by atoms with Gasteiger partial charge in [0.2, 0.25) is 0 Å². The van der Waals surface area contributed by atoms with E-state index in [0.29, 0.717) is 17.6 Å². The first-order chi connectivity index (χ1) is 11.6. The number of piperidine rings is 1. The van der Waals surface area contributed by atoms with E-state index in [2.05, 4.69) is 33.7 Å². The Bertz CT molecular complexity index is 583. The van der Waals surface area contributed by atoms with E-state index < -0.39 is 0 Å². The lowest BCUT2D eigenvalue weighted by molar-refractivity contribution is 0.0657. The summed E-state index contributed by atoms with van der Waals surface area (Å²) < 4.78 is 0. The Morgan fingerprint density at radius 3 is 2.62 bits per heavy atom. The van der Waals surface area contributed by atoms with Crippen LogP contribution in [-0.2, 0) is 0 Å². The summed E-state index contributed by atoms with van der Waals surface area (Å²) in [5, 5.41) is 0. The van der Waals surface area contributed by atoms with Crippen LogP contribution in [0.25, 0.3) is 0 Å². The predicted octanol–water partition coefficient (Wildman–Crippen LogP) is 1.94. The van der Waals surface area contributed by atoms with Crippen molar-refractivity contribution in [2.24, 2.45) is 0 Å². The number of carbonyl (C=O) groups excluding carboxylic acids is 1. The van der Waals surface area contributed by atoms with Crippen LogP contribution in [0.5, 0.6) is 0 Å². The SMILES string of the molecule is CCC1CCCCN1c1cc(C(=O)N2CCN(C)CC2)nc(C)n1. The average Bonchev–Trinajstić information content (AvgIpc) is 2.61. The van der Waals surface area contributed by atoms with Crippen LogP contribution < -0.4 is 4.90 Å². The summed E-state index contributed by atoms with van der Waals surface area (Å²) in [5.74, 6) is 1.65. The van der Waals surface area contributed by atoms with Crippen LogP contribution in [0.2, 0.25) is 0 Å². The van der Waals surface area contributed by atoms with Crippen molar-refractivity contribution in [1.82, 2.24) is 19.8 Å². The Morgan fingerprint density at radius 1 is 1.17 bits per heavy atom. The topological polar surface area (TPSA) is 52.6 Å². The monoisotopic (exact) mass is 331 g/mol. The number of carbonyl (C=O) groups is 1. The van der Waals surface area contributed by atoms with Gasteiger partial charge in [0.15, 0.2) is 0 Å². The highest BCUT2D eigenvalue weighted by Gasteiger charge is 2.26. The quantitative estimate of drug-likeness (QED) is 0.847. The minimum Gasteiger partial charge on any atom is -0.354 e. The van der Waals surface area contributed by atoms with E-state index in [1.807, 2.05) is 17.9 Å². The highest BCUT2D eigenvalue weighted by molar-refractivity contribution is 5.93. The van der Waals surface area contributed by atoms with Gasteiger partial charge in [-0.05, 0) is 39.7 Å². The number of hydrogen-bond acceptors (Lipinski definition) is 5. The zero-order chi connectivity index (χ0) is 17.1. The van der Waals surface area contributed by atoms with E-state index >= 15 is 0 Å². The van der Waals surface area contributed by atoms with Crippen molar-refractivity contribution in [2.45, 2.75) is 45.6 Å². The number of aryl methyl sites for hydroxylation is 1. The molecule has 1 aromatic rings. The maximum atomic E-state index is 12.8. The minimum absolute atomic E-state index is 0.0416. The van der Waals surface area contributed by atoms with Crippen LogP contribution in [0.4, 0.5) is 5.82 Å². The van der Waals surface area contributed by atoms with Gasteiger partial charge in [-0.25, -0.2) is 9.97 Å². The van der Waals surface area contributed by atoms with Crippen molar-refractivity contribution < 1.29 is 4.79 Å². The summed E-state index contributed by atoms with van der Waals surface area (Å²) >= 11 is 0. The summed E-state index contributed by atoms with van der Waals surface area (Å²) in [6.07, 6.45) is 4.81. The maximum Gasteiger partial charge on any atom is 0.272 e. The highest BCUT2D eigenvalue weighted by atomic mass is 16.2. The number of likely N-dealkylation sites (N-methyl/N-ethyl adjacent to an activating group) is 1. The Labute approximate surface area is 144 Å². The molecule has 0 bridgehead atoms. The van der Waals surface area contributed by atoms with Crippen molar-refractivity contribution in [2.75, 3.05) is 44.7 Å². The zero-order valence-corrected chi connectivity index (χ0v) is 15.2. The predicted molar refractivity (Wildman–Crippen MR) is 95.4 cm³/mol. The van der Waals surface area contributed by atoms with Gasteiger partial charge >= 0.3 is 0 Å². The van der Waals surface area contributed by atoms with Gasteiger partial charge < -0.3 is 14.7 Å². The molecule has 132 valence electrons. The Hall–Kier alpha value is -1.69. The summed E-state index contributed by atoms with van der Waals surface area (Å²) in [4.78, 5) is 28.4. The Kier molecular flexibility index (Phi) is 5.33. The van der Waals surface area contributed by atoms with Gasteiger partial charge in [0, 0.05) is 44.8 Å². The second-order valence-corrected chi connectivity index (χ2v) is 7.01. The van der Waals surface area contributed by atoms with Gasteiger partial charge in [-0.1, -0.05) is 6.92 Å². The molecular weight excluding hydrogens is 302 g/mol. The lowest BCUT2D eigenvalue weighted by Gasteiger charge is -2.36. The number of rotatable bonds is 3. The minimum atomic E-state index is 0.0416. The van der Waals surface area contributed by atoms with Crippen LogP contribution >= 0.6 is 0 Å². The van der Waals surface area contributed by atoms with Gasteiger partial charge in [-0.3, -0.25) is 4.79 Å². The third kappa shape index (κ3) is 3.69. The summed E-state index contributed by atoms with van der Waals surface area (Å²) in [5.41, 5.74) is 0.544. The molecule has 3 rings (SSSR count). The van der Waals surface area contributed by atoms with Gasteiger partial charge in [-0.2, -0.15) is 0 Å². The normalized spacial score (nSPS) is 22.7. The Balaban J connectivity index is 1.82. The third-order valence-corrected chi connectivity index (χ3v) is 5.23. The van der Waals surface area contributed by atoms with Gasteiger partial charge in [0.05, 0.1) is 0 Å². The van der Waals surface area contributed by atoms with E-state index in [4.69, 9.17) is 0 Å². The highest BCUT2D eigenvalue weighted by Crippen LogP contribution is 2.25. The van der Waals surface area contributed by atoms with Crippen molar-refractivity contribution in [3.8, 4) is 0 Å². The largest absolute Gasteiger partial charge is 0.354 e. The van der Waals surface area contributed by atoms with Gasteiger partial charge in [-0.15, -0.1) is 0 Å². The zero-order valence-electron chi connectivity index (χ0n) is 15.2. The lowest BCUT2D eigenvalue weighted by Crippen LogP contribution is -2.47. The molecule has 0 aromatic carbocycles. The number of amides is 1. The molecule has 1 atom stereocenters. The van der Waals surface area contributed by atoms with Crippen molar-refractivity contribution in [3.05, 3.63) is 17.6 Å². The van der Waals surface area contributed by atoms with Crippen molar-refractivity contribution >= 4 is 11.7 Å². The fourth-order valence-corrected chi connectivity index (χ4v) is 3.71. The van der Waals surface area contributed by atoms with Crippen LogP contribution in [0, 0.1) is 6.92 Å². The van der Waals surface area contributed by atoms with Crippen molar-refractivity contribution in [3.63, 3.8) is 0 Å². The van der Waals surface area contributed by atoms with Gasteiger partial charge in [0.25, 0.3) is 5.91 Å². The van der Waals surface area contributed by atoms with Crippen LogP contribution in [0.15, 0.2) is 6.07 Å². The second kappa shape index (κ2) is 7.47. The maximum absolute atomic E-state index is 12.8. The fourth-order valence-electron chi connectivity index (χ4n) is 3.71. The molecule has 0 saturated carbocycles. The molecule has 0 aliphatic carbocycles. The molecule has 1 amide bonds. The second-order valence-electron chi connectivity index (χ2n) is 7.01. The molecule has 6 nitrogen and oxygen atoms in total. The molecular formula is C18H29N5O. The lowest BCUT2D eigenvalue weighted by atomic mass is 10.00. The molecule has 2 aliphatic rings. The van der Waals surface area contributed by atoms with E-state index in [1.54, 1.807) is 0 Å². The summed E-state index contributed by atoms with van der Waals surface area (Å²) in [7, 11) is 2.09. The molecule has 1 aromatic heterocycles. The molecule has 1 unspecified atom stereocenters. The molecule has 0 N–H and O–H groups in total. The molecule has 3 heterocycles. The van der Waals surface area contributed by atoms with Crippen LogP contribution in [-0.4, -0.2) is 71.5 Å². The fraction of sp³-hybridized carbons (Fsp3) is 0.722.